The lowest BCUT2D eigenvalue weighted by Crippen LogP contribution is -2.27. The molecule has 0 saturated heterocycles. The van der Waals surface area contributed by atoms with Crippen LogP contribution >= 0.6 is 11.6 Å². The maximum atomic E-state index is 11.2. The van der Waals surface area contributed by atoms with Gasteiger partial charge in [0.25, 0.3) is 6.29 Å². The topological polar surface area (TPSA) is 47.6 Å². The second-order valence-electron chi connectivity index (χ2n) is 3.20. The van der Waals surface area contributed by atoms with Gasteiger partial charge in [0, 0.05) is 0 Å². The molecule has 0 radical (unpaired) electrons. The molecule has 1 atom stereocenters. The van der Waals surface area contributed by atoms with Crippen molar-refractivity contribution in [1.29, 1.82) is 0 Å². The highest BCUT2D eigenvalue weighted by atomic mass is 35.5. The SMILES string of the molecule is O=C1OC2Oc3ccccc3NC2=C1Cl. The molecule has 0 fully saturated rings. The highest BCUT2D eigenvalue weighted by molar-refractivity contribution is 6.42. The predicted molar refractivity (Wildman–Crippen MR) is 53.5 cm³/mol. The molecule has 4 nitrogen and oxygen atoms in total. The molecular weight excluding hydrogens is 218 g/mol. The standard InChI is InChI=1S/C10H6ClNO3/c11-7-8-10(15-9(7)13)14-6-4-2-1-3-5(6)12-8/h1-4,10,12H. The van der Waals surface area contributed by atoms with Gasteiger partial charge in [-0.2, -0.15) is 0 Å². The van der Waals surface area contributed by atoms with Crippen molar-refractivity contribution in [3.8, 4) is 5.75 Å². The molecule has 0 aliphatic carbocycles. The molecule has 1 N–H and O–H groups in total. The fraction of sp³-hybridized carbons (Fsp3) is 0.100. The van der Waals surface area contributed by atoms with Gasteiger partial charge in [0.2, 0.25) is 0 Å². The minimum atomic E-state index is -0.736. The molecule has 15 heavy (non-hydrogen) atoms. The van der Waals surface area contributed by atoms with Crippen LogP contribution in [0.2, 0.25) is 0 Å². The summed E-state index contributed by atoms with van der Waals surface area (Å²) in [5, 5.41) is 3.07. The van der Waals surface area contributed by atoms with E-state index >= 15 is 0 Å². The average Bonchev–Trinajstić information content (AvgIpc) is 2.52. The zero-order chi connectivity index (χ0) is 10.4. The monoisotopic (exact) mass is 223 g/mol. The zero-order valence-corrected chi connectivity index (χ0v) is 8.25. The lowest BCUT2D eigenvalue weighted by molar-refractivity contribution is -0.149. The average molecular weight is 224 g/mol. The first-order chi connectivity index (χ1) is 7.25. The summed E-state index contributed by atoms with van der Waals surface area (Å²) >= 11 is 5.77. The number of carbonyl (C=O) groups is 1. The van der Waals surface area contributed by atoms with Crippen molar-refractivity contribution in [2.75, 3.05) is 5.32 Å². The number of rotatable bonds is 0. The van der Waals surface area contributed by atoms with Crippen molar-refractivity contribution >= 4 is 23.3 Å². The van der Waals surface area contributed by atoms with Gasteiger partial charge >= 0.3 is 5.97 Å². The lowest BCUT2D eigenvalue weighted by Gasteiger charge is -2.24. The Kier molecular flexibility index (Phi) is 1.67. The molecule has 76 valence electrons. The minimum Gasteiger partial charge on any atom is -0.447 e. The number of benzene rings is 1. The van der Waals surface area contributed by atoms with Crippen LogP contribution in [-0.4, -0.2) is 12.3 Å². The Labute approximate surface area is 90.4 Å². The molecule has 1 aromatic rings. The van der Waals surface area contributed by atoms with Gasteiger partial charge < -0.3 is 14.8 Å². The Bertz CT molecular complexity index is 483. The molecule has 3 rings (SSSR count). The molecule has 2 heterocycles. The lowest BCUT2D eigenvalue weighted by atomic mass is 10.2. The normalized spacial score (nSPS) is 22.5. The molecular formula is C10H6ClNO3. The van der Waals surface area contributed by atoms with E-state index in [2.05, 4.69) is 5.32 Å². The number of halogens is 1. The van der Waals surface area contributed by atoms with E-state index in [0.29, 0.717) is 11.4 Å². The number of para-hydroxylation sites is 2. The van der Waals surface area contributed by atoms with Gasteiger partial charge in [0.1, 0.15) is 11.4 Å². The summed E-state index contributed by atoms with van der Waals surface area (Å²) in [6.07, 6.45) is -0.736. The van der Waals surface area contributed by atoms with Crippen LogP contribution in [0.15, 0.2) is 35.0 Å². The number of ether oxygens (including phenoxy) is 2. The van der Waals surface area contributed by atoms with Crippen LogP contribution in [0, 0.1) is 0 Å². The molecule has 1 unspecified atom stereocenters. The van der Waals surface area contributed by atoms with E-state index < -0.39 is 12.3 Å². The van der Waals surface area contributed by atoms with Gasteiger partial charge in [-0.1, -0.05) is 23.7 Å². The third-order valence-electron chi connectivity index (χ3n) is 2.26. The Morgan fingerprint density at radius 2 is 2.07 bits per heavy atom. The first-order valence-corrected chi connectivity index (χ1v) is 4.77. The summed E-state index contributed by atoms with van der Waals surface area (Å²) in [4.78, 5) is 11.2. The second kappa shape index (κ2) is 2.90. The number of fused-ring (bicyclic) bond motifs is 2. The first-order valence-electron chi connectivity index (χ1n) is 4.39. The van der Waals surface area contributed by atoms with Crippen LogP contribution in [0.1, 0.15) is 0 Å². The summed E-state index contributed by atoms with van der Waals surface area (Å²) in [5.74, 6) is 0.0855. The maximum absolute atomic E-state index is 11.2. The van der Waals surface area contributed by atoms with Crippen molar-refractivity contribution in [3.05, 3.63) is 35.0 Å². The summed E-state index contributed by atoms with van der Waals surface area (Å²) in [5.41, 5.74) is 1.25. The van der Waals surface area contributed by atoms with Crippen LogP contribution in [0.5, 0.6) is 5.75 Å². The number of hydrogen-bond donors (Lipinski definition) is 1. The van der Waals surface area contributed by atoms with Crippen molar-refractivity contribution in [3.63, 3.8) is 0 Å². The van der Waals surface area contributed by atoms with E-state index in [-0.39, 0.29) is 5.03 Å². The van der Waals surface area contributed by atoms with Gasteiger partial charge in [-0.05, 0) is 12.1 Å². The Balaban J connectivity index is 2.07. The summed E-state index contributed by atoms with van der Waals surface area (Å²) in [6.45, 7) is 0. The molecule has 0 bridgehead atoms. The van der Waals surface area contributed by atoms with E-state index in [1.165, 1.54) is 0 Å². The summed E-state index contributed by atoms with van der Waals surface area (Å²) in [7, 11) is 0. The number of nitrogens with one attached hydrogen (secondary N) is 1. The third-order valence-corrected chi connectivity index (χ3v) is 2.61. The number of carbonyl (C=O) groups excluding carboxylic acids is 1. The number of hydrogen-bond acceptors (Lipinski definition) is 4. The van der Waals surface area contributed by atoms with Crippen molar-refractivity contribution in [2.45, 2.75) is 6.29 Å². The van der Waals surface area contributed by atoms with E-state index in [4.69, 9.17) is 21.1 Å². The largest absolute Gasteiger partial charge is 0.447 e. The molecule has 5 heteroatoms. The Hall–Kier alpha value is -1.68. The Morgan fingerprint density at radius 3 is 2.93 bits per heavy atom. The summed E-state index contributed by atoms with van der Waals surface area (Å²) in [6, 6.07) is 7.33. The van der Waals surface area contributed by atoms with Crippen molar-refractivity contribution in [2.24, 2.45) is 0 Å². The molecule has 0 amide bonds. The fourth-order valence-electron chi connectivity index (χ4n) is 1.55. The maximum Gasteiger partial charge on any atom is 0.355 e. The van der Waals surface area contributed by atoms with E-state index in [9.17, 15) is 4.79 Å². The van der Waals surface area contributed by atoms with E-state index in [0.717, 1.165) is 5.69 Å². The predicted octanol–water partition coefficient (Wildman–Crippen LogP) is 1.82. The smallest absolute Gasteiger partial charge is 0.355 e. The second-order valence-corrected chi connectivity index (χ2v) is 3.58. The zero-order valence-electron chi connectivity index (χ0n) is 7.49. The molecule has 2 aliphatic rings. The van der Waals surface area contributed by atoms with Crippen molar-refractivity contribution in [1.82, 2.24) is 0 Å². The minimum absolute atomic E-state index is 0.0505. The number of esters is 1. The highest BCUT2D eigenvalue weighted by Gasteiger charge is 2.38. The molecule has 0 spiro atoms. The molecule has 0 aromatic heterocycles. The van der Waals surface area contributed by atoms with E-state index in [1.54, 1.807) is 6.07 Å². The van der Waals surface area contributed by atoms with Gasteiger partial charge in [0.15, 0.2) is 5.03 Å². The van der Waals surface area contributed by atoms with Gasteiger partial charge in [-0.3, -0.25) is 0 Å². The van der Waals surface area contributed by atoms with Gasteiger partial charge in [0.05, 0.1) is 5.69 Å². The quantitative estimate of drug-likeness (QED) is 0.682. The van der Waals surface area contributed by atoms with Crippen LogP contribution < -0.4 is 10.1 Å². The molecule has 2 aliphatic heterocycles. The van der Waals surface area contributed by atoms with E-state index in [1.807, 2.05) is 18.2 Å². The highest BCUT2D eigenvalue weighted by Crippen LogP contribution is 2.37. The van der Waals surface area contributed by atoms with Crippen LogP contribution in [0.25, 0.3) is 0 Å². The van der Waals surface area contributed by atoms with Crippen LogP contribution in [0.4, 0.5) is 5.69 Å². The van der Waals surface area contributed by atoms with Gasteiger partial charge in [-0.25, -0.2) is 4.79 Å². The fourth-order valence-corrected chi connectivity index (χ4v) is 1.73. The van der Waals surface area contributed by atoms with Gasteiger partial charge in [-0.15, -0.1) is 0 Å². The third kappa shape index (κ3) is 1.18. The molecule has 1 aromatic carbocycles. The van der Waals surface area contributed by atoms with Crippen LogP contribution in [0.3, 0.4) is 0 Å². The first kappa shape index (κ1) is 8.61. The molecule has 0 saturated carbocycles. The number of anilines is 1. The van der Waals surface area contributed by atoms with Crippen LogP contribution in [-0.2, 0) is 9.53 Å². The van der Waals surface area contributed by atoms with Crippen molar-refractivity contribution < 1.29 is 14.3 Å². The Morgan fingerprint density at radius 1 is 1.27 bits per heavy atom. The summed E-state index contributed by atoms with van der Waals surface area (Å²) < 4.78 is 10.4.